The van der Waals surface area contributed by atoms with Crippen molar-refractivity contribution >= 4 is 7.82 Å². The molecule has 23 heavy (non-hydrogen) atoms. The highest BCUT2D eigenvalue weighted by atomic mass is 31.2. The van der Waals surface area contributed by atoms with Crippen LogP contribution in [0, 0.1) is 13.8 Å². The maximum atomic E-state index is 12.7. The van der Waals surface area contributed by atoms with Gasteiger partial charge in [-0.25, -0.2) is 4.57 Å². The minimum Gasteiger partial charge on any atom is -0.403 e. The molecule has 0 aromatic heterocycles. The Hall–Kier alpha value is -1.61. The largest absolute Gasteiger partial charge is 0.530 e. The Labute approximate surface area is 138 Å². The molecule has 5 heteroatoms. The Morgan fingerprint density at radius 1 is 0.913 bits per heavy atom. The van der Waals surface area contributed by atoms with Crippen molar-refractivity contribution in [2.24, 2.45) is 0 Å². The summed E-state index contributed by atoms with van der Waals surface area (Å²) < 4.78 is 28.9. The normalized spacial score (nSPS) is 11.5. The van der Waals surface area contributed by atoms with Crippen LogP contribution in [0.3, 0.4) is 0 Å². The number of hydrogen-bond donors (Lipinski definition) is 0. The molecule has 0 heterocycles. The van der Waals surface area contributed by atoms with Crippen LogP contribution in [0.4, 0.5) is 0 Å². The molecular weight excluding hydrogens is 311 g/mol. The first-order valence-corrected chi connectivity index (χ1v) is 9.20. The molecule has 0 atom stereocenters. The van der Waals surface area contributed by atoms with E-state index >= 15 is 0 Å². The summed E-state index contributed by atoms with van der Waals surface area (Å²) in [6.07, 6.45) is 0. The molecule has 0 saturated carbocycles. The average molecular weight is 334 g/mol. The minimum absolute atomic E-state index is 0.253. The average Bonchev–Trinajstić information content (AvgIpc) is 2.52. The minimum atomic E-state index is -3.62. The van der Waals surface area contributed by atoms with Crippen molar-refractivity contribution in [1.82, 2.24) is 0 Å². The van der Waals surface area contributed by atoms with Gasteiger partial charge in [0.05, 0.1) is 13.2 Å². The molecule has 0 unspecified atom stereocenters. The molecule has 0 saturated heterocycles. The van der Waals surface area contributed by atoms with Gasteiger partial charge in [0.2, 0.25) is 0 Å². The topological polar surface area (TPSA) is 44.8 Å². The first-order valence-electron chi connectivity index (χ1n) is 7.74. The summed E-state index contributed by atoms with van der Waals surface area (Å²) in [5.41, 5.74) is 4.05. The fraction of sp³-hybridized carbons (Fsp3) is 0.333. The number of benzene rings is 2. The lowest BCUT2D eigenvalue weighted by atomic mass is 9.99. The Morgan fingerprint density at radius 3 is 2.04 bits per heavy atom. The van der Waals surface area contributed by atoms with E-state index in [0.717, 1.165) is 22.3 Å². The van der Waals surface area contributed by atoms with Crippen molar-refractivity contribution in [3.8, 4) is 16.9 Å². The van der Waals surface area contributed by atoms with Crippen molar-refractivity contribution in [2.45, 2.75) is 27.7 Å². The zero-order valence-electron chi connectivity index (χ0n) is 14.0. The van der Waals surface area contributed by atoms with Crippen molar-refractivity contribution < 1.29 is 18.1 Å². The zero-order valence-corrected chi connectivity index (χ0v) is 14.9. The maximum Gasteiger partial charge on any atom is 0.530 e. The highest BCUT2D eigenvalue weighted by Crippen LogP contribution is 2.51. The molecule has 0 fully saturated rings. The molecule has 0 aliphatic heterocycles. The molecular formula is C18H23O4P. The molecule has 0 amide bonds. The van der Waals surface area contributed by atoms with E-state index in [1.165, 1.54) is 0 Å². The summed E-state index contributed by atoms with van der Waals surface area (Å²) >= 11 is 0. The van der Waals surface area contributed by atoms with Crippen LogP contribution in [0.15, 0.2) is 42.5 Å². The molecule has 124 valence electrons. The van der Waals surface area contributed by atoms with Crippen molar-refractivity contribution in [3.05, 3.63) is 53.6 Å². The summed E-state index contributed by atoms with van der Waals surface area (Å²) in [4.78, 5) is 0. The van der Waals surface area contributed by atoms with Crippen LogP contribution in [-0.2, 0) is 13.6 Å². The molecule has 2 aromatic carbocycles. The second-order valence-electron chi connectivity index (χ2n) is 5.17. The third-order valence-electron chi connectivity index (χ3n) is 3.47. The van der Waals surface area contributed by atoms with Crippen molar-refractivity contribution in [1.29, 1.82) is 0 Å². The molecule has 0 spiro atoms. The second kappa shape index (κ2) is 7.78. The highest BCUT2D eigenvalue weighted by Gasteiger charge is 2.28. The van der Waals surface area contributed by atoms with Crippen LogP contribution in [-0.4, -0.2) is 13.2 Å². The Kier molecular flexibility index (Phi) is 6.00. The lowest BCUT2D eigenvalue weighted by Gasteiger charge is -2.20. The van der Waals surface area contributed by atoms with E-state index in [0.29, 0.717) is 5.75 Å². The standard InChI is InChI=1S/C18H23O4P/c1-5-20-23(19,21-6-2)22-18-13-15(4)14(3)12-17(18)16-10-8-7-9-11-16/h7-13H,5-6H2,1-4H3. The quantitative estimate of drug-likeness (QED) is 0.624. The Balaban J connectivity index is 2.48. The number of aryl methyl sites for hydroxylation is 2. The third kappa shape index (κ3) is 4.44. The molecule has 0 aliphatic carbocycles. The molecule has 0 radical (unpaired) electrons. The van der Waals surface area contributed by atoms with Gasteiger partial charge in [0, 0.05) is 5.56 Å². The van der Waals surface area contributed by atoms with E-state index in [1.807, 2.05) is 56.3 Å². The molecule has 0 aliphatic rings. The SMILES string of the molecule is CCOP(=O)(OCC)Oc1cc(C)c(C)cc1-c1ccccc1. The Morgan fingerprint density at radius 2 is 1.48 bits per heavy atom. The van der Waals surface area contributed by atoms with Gasteiger partial charge in [-0.2, -0.15) is 0 Å². The number of phosphoric acid groups is 1. The van der Waals surface area contributed by atoms with Crippen LogP contribution in [0.1, 0.15) is 25.0 Å². The smallest absolute Gasteiger partial charge is 0.403 e. The Bertz CT molecular complexity index is 688. The number of hydrogen-bond acceptors (Lipinski definition) is 4. The first kappa shape index (κ1) is 17.7. The lowest BCUT2D eigenvalue weighted by Crippen LogP contribution is -2.03. The van der Waals surface area contributed by atoms with Gasteiger partial charge in [0.25, 0.3) is 0 Å². The number of rotatable bonds is 7. The van der Waals surface area contributed by atoms with Crippen LogP contribution >= 0.6 is 7.82 Å². The molecule has 2 rings (SSSR count). The third-order valence-corrected chi connectivity index (χ3v) is 5.03. The predicted octanol–water partition coefficient (Wildman–Crippen LogP) is 5.53. The van der Waals surface area contributed by atoms with E-state index < -0.39 is 7.82 Å². The summed E-state index contributed by atoms with van der Waals surface area (Å²) in [5, 5.41) is 0. The van der Waals surface area contributed by atoms with Crippen LogP contribution in [0.25, 0.3) is 11.1 Å². The van der Waals surface area contributed by atoms with Gasteiger partial charge >= 0.3 is 7.82 Å². The van der Waals surface area contributed by atoms with E-state index in [4.69, 9.17) is 13.6 Å². The fourth-order valence-electron chi connectivity index (χ4n) is 2.24. The monoisotopic (exact) mass is 334 g/mol. The second-order valence-corrected chi connectivity index (χ2v) is 6.77. The molecule has 0 bridgehead atoms. The highest BCUT2D eigenvalue weighted by molar-refractivity contribution is 7.48. The molecule has 0 N–H and O–H groups in total. The van der Waals surface area contributed by atoms with Crippen molar-refractivity contribution in [3.63, 3.8) is 0 Å². The van der Waals surface area contributed by atoms with Gasteiger partial charge in [-0.1, -0.05) is 30.3 Å². The van der Waals surface area contributed by atoms with Crippen LogP contribution in [0.5, 0.6) is 5.75 Å². The van der Waals surface area contributed by atoms with Gasteiger partial charge in [0.15, 0.2) is 0 Å². The van der Waals surface area contributed by atoms with E-state index in [1.54, 1.807) is 13.8 Å². The zero-order chi connectivity index (χ0) is 16.9. The predicted molar refractivity (Wildman–Crippen MR) is 92.8 cm³/mol. The van der Waals surface area contributed by atoms with Gasteiger partial charge in [-0.3, -0.25) is 9.05 Å². The van der Waals surface area contributed by atoms with Crippen LogP contribution in [0.2, 0.25) is 0 Å². The van der Waals surface area contributed by atoms with Gasteiger partial charge in [-0.15, -0.1) is 0 Å². The van der Waals surface area contributed by atoms with Crippen LogP contribution < -0.4 is 4.52 Å². The first-order chi connectivity index (χ1) is 11.0. The lowest BCUT2D eigenvalue weighted by molar-refractivity contribution is 0.167. The summed E-state index contributed by atoms with van der Waals surface area (Å²) in [6.45, 7) is 8.05. The summed E-state index contributed by atoms with van der Waals surface area (Å²) in [7, 11) is -3.62. The molecule has 4 nitrogen and oxygen atoms in total. The molecule has 2 aromatic rings. The maximum absolute atomic E-state index is 12.7. The van der Waals surface area contributed by atoms with Crippen molar-refractivity contribution in [2.75, 3.05) is 13.2 Å². The summed E-state index contributed by atoms with van der Waals surface area (Å²) in [6, 6.07) is 13.8. The van der Waals surface area contributed by atoms with Gasteiger partial charge in [-0.05, 0) is 56.5 Å². The fourth-order valence-corrected chi connectivity index (χ4v) is 3.44. The van der Waals surface area contributed by atoms with E-state index in [2.05, 4.69) is 0 Å². The number of phosphoric ester groups is 1. The van der Waals surface area contributed by atoms with E-state index in [9.17, 15) is 4.57 Å². The summed E-state index contributed by atoms with van der Waals surface area (Å²) in [5.74, 6) is 0.504. The van der Waals surface area contributed by atoms with E-state index in [-0.39, 0.29) is 13.2 Å². The van der Waals surface area contributed by atoms with Gasteiger partial charge in [0.1, 0.15) is 5.75 Å². The van der Waals surface area contributed by atoms with Gasteiger partial charge < -0.3 is 4.52 Å².